The Kier molecular flexibility index (Phi) is 3.92. The van der Waals surface area contributed by atoms with E-state index in [0.717, 1.165) is 30.2 Å². The molecule has 1 amide bonds. The fraction of sp³-hybridized carbons (Fsp3) is 0.429. The summed E-state index contributed by atoms with van der Waals surface area (Å²) >= 11 is 1.49. The summed E-state index contributed by atoms with van der Waals surface area (Å²) in [7, 11) is 0. The van der Waals surface area contributed by atoms with Crippen LogP contribution in [-0.4, -0.2) is 43.8 Å². The highest BCUT2D eigenvalue weighted by Gasteiger charge is 2.34. The molecule has 1 fully saturated rings. The lowest BCUT2D eigenvalue weighted by atomic mass is 10.2. The SMILES string of the molecule is CSc1ncccc1C(=O)N1CCC[C@@H]1c1n[nH]c(C)n1. The predicted octanol–water partition coefficient (Wildman–Crippen LogP) is 2.21. The lowest BCUT2D eigenvalue weighted by Crippen LogP contribution is -2.31. The number of pyridine rings is 1. The Morgan fingerprint density at radius 3 is 3.10 bits per heavy atom. The van der Waals surface area contributed by atoms with Gasteiger partial charge in [0.05, 0.1) is 11.6 Å². The summed E-state index contributed by atoms with van der Waals surface area (Å²) < 4.78 is 0. The largest absolute Gasteiger partial charge is 0.328 e. The van der Waals surface area contributed by atoms with Crippen LogP contribution in [-0.2, 0) is 0 Å². The maximum Gasteiger partial charge on any atom is 0.257 e. The number of carbonyl (C=O) groups excluding carboxylic acids is 1. The van der Waals surface area contributed by atoms with E-state index in [1.165, 1.54) is 11.8 Å². The van der Waals surface area contributed by atoms with E-state index in [0.29, 0.717) is 11.4 Å². The molecular formula is C14H17N5OS. The van der Waals surface area contributed by atoms with E-state index in [4.69, 9.17) is 0 Å². The number of rotatable bonds is 3. The van der Waals surface area contributed by atoms with Crippen LogP contribution in [0.2, 0.25) is 0 Å². The van der Waals surface area contributed by atoms with Crippen LogP contribution >= 0.6 is 11.8 Å². The van der Waals surface area contributed by atoms with E-state index in [2.05, 4.69) is 20.2 Å². The third-order valence-electron chi connectivity index (χ3n) is 3.62. The molecule has 0 aliphatic carbocycles. The molecule has 7 heteroatoms. The number of nitrogens with zero attached hydrogens (tertiary/aromatic N) is 4. The molecule has 0 bridgehead atoms. The number of aromatic nitrogens is 4. The number of thioether (sulfide) groups is 1. The smallest absolute Gasteiger partial charge is 0.257 e. The Balaban J connectivity index is 1.89. The second kappa shape index (κ2) is 5.85. The first kappa shape index (κ1) is 14.1. The van der Waals surface area contributed by atoms with Crippen molar-refractivity contribution >= 4 is 17.7 Å². The van der Waals surface area contributed by atoms with Gasteiger partial charge in [-0.25, -0.2) is 9.97 Å². The number of aromatic amines is 1. The quantitative estimate of drug-likeness (QED) is 0.880. The van der Waals surface area contributed by atoms with Crippen molar-refractivity contribution in [2.45, 2.75) is 30.8 Å². The average Bonchev–Trinajstić information content (AvgIpc) is 3.14. The van der Waals surface area contributed by atoms with Gasteiger partial charge >= 0.3 is 0 Å². The first-order valence-electron chi connectivity index (χ1n) is 6.89. The fourth-order valence-corrected chi connectivity index (χ4v) is 3.20. The Hall–Kier alpha value is -1.89. The number of amides is 1. The summed E-state index contributed by atoms with van der Waals surface area (Å²) in [5.74, 6) is 1.49. The van der Waals surface area contributed by atoms with E-state index in [1.807, 2.05) is 24.1 Å². The second-order valence-electron chi connectivity index (χ2n) is 5.00. The third-order valence-corrected chi connectivity index (χ3v) is 4.33. The lowest BCUT2D eigenvalue weighted by Gasteiger charge is -2.23. The Labute approximate surface area is 127 Å². The van der Waals surface area contributed by atoms with Crippen LogP contribution in [0.3, 0.4) is 0 Å². The number of likely N-dealkylation sites (tertiary alicyclic amines) is 1. The van der Waals surface area contributed by atoms with E-state index in [-0.39, 0.29) is 11.9 Å². The minimum Gasteiger partial charge on any atom is -0.328 e. The minimum atomic E-state index is -0.0441. The molecule has 1 aliphatic rings. The number of H-pyrrole nitrogens is 1. The first-order valence-corrected chi connectivity index (χ1v) is 8.12. The Morgan fingerprint density at radius 1 is 1.52 bits per heavy atom. The van der Waals surface area contributed by atoms with Crippen LogP contribution in [0.25, 0.3) is 0 Å². The van der Waals surface area contributed by atoms with Crippen LogP contribution < -0.4 is 0 Å². The van der Waals surface area contributed by atoms with Crippen LogP contribution in [0.1, 0.15) is 40.9 Å². The molecule has 0 spiro atoms. The van der Waals surface area contributed by atoms with Crippen LogP contribution in [0.15, 0.2) is 23.4 Å². The van der Waals surface area contributed by atoms with Gasteiger partial charge in [-0.15, -0.1) is 11.8 Å². The van der Waals surface area contributed by atoms with Gasteiger partial charge in [0.1, 0.15) is 10.9 Å². The Morgan fingerprint density at radius 2 is 2.38 bits per heavy atom. The van der Waals surface area contributed by atoms with E-state index in [1.54, 1.807) is 12.3 Å². The molecule has 3 heterocycles. The van der Waals surface area contributed by atoms with Crippen molar-refractivity contribution in [1.29, 1.82) is 0 Å². The van der Waals surface area contributed by atoms with Crippen LogP contribution in [0.5, 0.6) is 0 Å². The summed E-state index contributed by atoms with van der Waals surface area (Å²) in [6, 6.07) is 3.59. The topological polar surface area (TPSA) is 74.8 Å². The van der Waals surface area contributed by atoms with E-state index < -0.39 is 0 Å². The van der Waals surface area contributed by atoms with Crippen molar-refractivity contribution < 1.29 is 4.79 Å². The normalized spacial score (nSPS) is 18.2. The Bertz CT molecular complexity index is 656. The van der Waals surface area contributed by atoms with Crippen molar-refractivity contribution in [3.63, 3.8) is 0 Å². The van der Waals surface area contributed by atoms with Crippen molar-refractivity contribution in [2.24, 2.45) is 0 Å². The first-order chi connectivity index (χ1) is 10.2. The van der Waals surface area contributed by atoms with Crippen LogP contribution in [0, 0.1) is 6.92 Å². The molecule has 1 atom stereocenters. The van der Waals surface area contributed by atoms with E-state index in [9.17, 15) is 4.79 Å². The average molecular weight is 303 g/mol. The highest BCUT2D eigenvalue weighted by atomic mass is 32.2. The highest BCUT2D eigenvalue weighted by Crippen LogP contribution is 2.32. The highest BCUT2D eigenvalue weighted by molar-refractivity contribution is 7.98. The van der Waals surface area contributed by atoms with Gasteiger partial charge < -0.3 is 4.90 Å². The summed E-state index contributed by atoms with van der Waals surface area (Å²) in [6.07, 6.45) is 5.51. The number of hydrogen-bond acceptors (Lipinski definition) is 5. The molecule has 1 N–H and O–H groups in total. The summed E-state index contributed by atoms with van der Waals surface area (Å²) in [6.45, 7) is 2.60. The molecular weight excluding hydrogens is 286 g/mol. The molecule has 0 radical (unpaired) electrons. The third kappa shape index (κ3) is 2.65. The van der Waals surface area contributed by atoms with Gasteiger partial charge in [-0.2, -0.15) is 5.10 Å². The van der Waals surface area contributed by atoms with Crippen molar-refractivity contribution in [3.8, 4) is 0 Å². The fourth-order valence-electron chi connectivity index (χ4n) is 2.66. The van der Waals surface area contributed by atoms with Gasteiger partial charge in [0, 0.05) is 12.7 Å². The van der Waals surface area contributed by atoms with Crippen LogP contribution in [0.4, 0.5) is 0 Å². The number of aryl methyl sites for hydroxylation is 1. The molecule has 0 saturated carbocycles. The van der Waals surface area contributed by atoms with Gasteiger partial charge in [-0.1, -0.05) is 0 Å². The predicted molar refractivity (Wildman–Crippen MR) is 80.1 cm³/mol. The number of carbonyl (C=O) groups is 1. The molecule has 0 aromatic carbocycles. The number of hydrogen-bond donors (Lipinski definition) is 1. The monoisotopic (exact) mass is 303 g/mol. The van der Waals surface area contributed by atoms with E-state index >= 15 is 0 Å². The van der Waals surface area contributed by atoms with Gasteiger partial charge in [0.2, 0.25) is 0 Å². The molecule has 6 nitrogen and oxygen atoms in total. The summed E-state index contributed by atoms with van der Waals surface area (Å²) in [5.41, 5.74) is 0.657. The molecule has 0 unspecified atom stereocenters. The van der Waals surface area contributed by atoms with Crippen molar-refractivity contribution in [2.75, 3.05) is 12.8 Å². The van der Waals surface area contributed by atoms with Gasteiger partial charge in [-0.3, -0.25) is 9.89 Å². The molecule has 21 heavy (non-hydrogen) atoms. The van der Waals surface area contributed by atoms with Crippen molar-refractivity contribution in [3.05, 3.63) is 35.5 Å². The lowest BCUT2D eigenvalue weighted by molar-refractivity contribution is 0.0725. The maximum absolute atomic E-state index is 12.8. The summed E-state index contributed by atoms with van der Waals surface area (Å²) in [5, 5.41) is 7.83. The zero-order valence-electron chi connectivity index (χ0n) is 12.0. The molecule has 110 valence electrons. The van der Waals surface area contributed by atoms with Gasteiger partial charge in [-0.05, 0) is 38.2 Å². The zero-order chi connectivity index (χ0) is 14.8. The maximum atomic E-state index is 12.8. The van der Waals surface area contributed by atoms with Gasteiger partial charge in [0.15, 0.2) is 5.82 Å². The molecule has 3 rings (SSSR count). The van der Waals surface area contributed by atoms with Crippen molar-refractivity contribution in [1.82, 2.24) is 25.1 Å². The van der Waals surface area contributed by atoms with Gasteiger partial charge in [0.25, 0.3) is 5.91 Å². The number of nitrogens with one attached hydrogen (secondary N) is 1. The summed E-state index contributed by atoms with van der Waals surface area (Å²) in [4.78, 5) is 23.3. The zero-order valence-corrected chi connectivity index (χ0v) is 12.9. The minimum absolute atomic E-state index is 0.0115. The molecule has 2 aromatic heterocycles. The molecule has 1 aliphatic heterocycles. The second-order valence-corrected chi connectivity index (χ2v) is 5.79. The standard InChI is InChI=1S/C14H17N5OS/c1-9-16-12(18-17-9)11-6-4-8-19(11)14(20)10-5-3-7-15-13(10)21-2/h3,5,7,11H,4,6,8H2,1-2H3,(H,16,17,18)/t11-/m1/s1. The molecule has 2 aromatic rings. The molecule has 1 saturated heterocycles.